The second kappa shape index (κ2) is 9.14. The number of benzene rings is 1. The van der Waals surface area contributed by atoms with Crippen molar-refractivity contribution in [1.82, 2.24) is 15.8 Å². The quantitative estimate of drug-likeness (QED) is 0.765. The highest BCUT2D eigenvalue weighted by Gasteiger charge is 2.36. The van der Waals surface area contributed by atoms with E-state index in [9.17, 15) is 9.59 Å². The highest BCUT2D eigenvalue weighted by molar-refractivity contribution is 6.02. The normalized spacial score (nSPS) is 26.4. The van der Waals surface area contributed by atoms with Gasteiger partial charge < -0.3 is 15.0 Å². The van der Waals surface area contributed by atoms with E-state index in [-0.39, 0.29) is 24.1 Å². The number of amides is 2. The summed E-state index contributed by atoms with van der Waals surface area (Å²) in [5.41, 5.74) is 6.25. The molecular weight excluding hydrogens is 394 g/mol. The average Bonchev–Trinajstić information content (AvgIpc) is 3.38. The second-order valence-corrected chi connectivity index (χ2v) is 9.35. The van der Waals surface area contributed by atoms with Crippen LogP contribution < -0.4 is 20.5 Å². The minimum atomic E-state index is -0.358. The van der Waals surface area contributed by atoms with E-state index >= 15 is 0 Å². The first kappa shape index (κ1) is 22.0. The van der Waals surface area contributed by atoms with E-state index < -0.39 is 0 Å². The van der Waals surface area contributed by atoms with Gasteiger partial charge in [0, 0.05) is 39.0 Å². The molecule has 3 atom stereocenters. The molecule has 0 saturated carbocycles. The Morgan fingerprint density at radius 2 is 2.00 bits per heavy atom. The number of fused-ring (bicyclic) bond motifs is 1. The van der Waals surface area contributed by atoms with Crippen LogP contribution in [0.15, 0.2) is 18.2 Å². The summed E-state index contributed by atoms with van der Waals surface area (Å²) in [6.45, 7) is 12.7. The van der Waals surface area contributed by atoms with Gasteiger partial charge in [-0.05, 0) is 63.9 Å². The van der Waals surface area contributed by atoms with Crippen molar-refractivity contribution in [1.29, 1.82) is 0 Å². The van der Waals surface area contributed by atoms with Crippen LogP contribution >= 0.6 is 0 Å². The summed E-state index contributed by atoms with van der Waals surface area (Å²) in [6, 6.07) is 6.05. The van der Waals surface area contributed by atoms with E-state index in [1.807, 2.05) is 26.8 Å². The number of hydrogen-bond acceptors (Lipinski definition) is 6. The molecule has 8 heteroatoms. The Morgan fingerprint density at radius 3 is 2.68 bits per heavy atom. The molecule has 31 heavy (non-hydrogen) atoms. The van der Waals surface area contributed by atoms with Crippen LogP contribution in [-0.4, -0.2) is 68.4 Å². The summed E-state index contributed by atoms with van der Waals surface area (Å²) in [6.07, 6.45) is 0.675. The van der Waals surface area contributed by atoms with Crippen LogP contribution in [0.25, 0.3) is 0 Å². The molecule has 0 spiro atoms. The molecular formula is C23H35N5O3. The maximum absolute atomic E-state index is 12.8. The lowest BCUT2D eigenvalue weighted by Crippen LogP contribution is -2.51. The third kappa shape index (κ3) is 4.71. The summed E-state index contributed by atoms with van der Waals surface area (Å²) in [4.78, 5) is 28.7. The summed E-state index contributed by atoms with van der Waals surface area (Å²) >= 11 is 0. The van der Waals surface area contributed by atoms with Crippen LogP contribution in [-0.2, 0) is 9.53 Å². The Labute approximate surface area is 184 Å². The van der Waals surface area contributed by atoms with Crippen LogP contribution in [0.1, 0.15) is 45.6 Å². The molecule has 3 heterocycles. The fraction of sp³-hybridized carbons (Fsp3) is 0.652. The standard InChI is InChI=1S/C23H35N5O3/c1-15(2)31-23(30)27-12-16(3)28(17(4)29)21-6-5-19(9-22(21)27)20-11-25-26(14-20)13-18-7-8-24-10-18/h5-6,9,15-16,18,20,24-25H,7-8,10-14H2,1-4H3/t16-,18+,20?/m0/s1. The highest BCUT2D eigenvalue weighted by Crippen LogP contribution is 2.39. The zero-order valence-electron chi connectivity index (χ0n) is 19.1. The largest absolute Gasteiger partial charge is 0.446 e. The number of hydrazine groups is 1. The molecule has 0 bridgehead atoms. The molecule has 0 aliphatic carbocycles. The van der Waals surface area contributed by atoms with Gasteiger partial charge in [0.05, 0.1) is 23.5 Å². The zero-order valence-corrected chi connectivity index (χ0v) is 19.1. The number of rotatable bonds is 4. The molecule has 1 unspecified atom stereocenters. The minimum Gasteiger partial charge on any atom is -0.446 e. The lowest BCUT2D eigenvalue weighted by atomic mass is 9.96. The summed E-state index contributed by atoms with van der Waals surface area (Å²) in [7, 11) is 0. The van der Waals surface area contributed by atoms with Crippen molar-refractivity contribution < 1.29 is 14.3 Å². The van der Waals surface area contributed by atoms with Crippen molar-refractivity contribution >= 4 is 23.4 Å². The molecule has 2 amide bonds. The van der Waals surface area contributed by atoms with Crippen molar-refractivity contribution in [3.63, 3.8) is 0 Å². The van der Waals surface area contributed by atoms with E-state index in [2.05, 4.69) is 27.9 Å². The van der Waals surface area contributed by atoms with E-state index in [1.54, 1.807) is 16.7 Å². The third-order valence-corrected chi connectivity index (χ3v) is 6.45. The summed E-state index contributed by atoms with van der Waals surface area (Å²) in [5.74, 6) is 1.02. The average molecular weight is 430 g/mol. The fourth-order valence-corrected chi connectivity index (χ4v) is 4.99. The van der Waals surface area contributed by atoms with Crippen molar-refractivity contribution in [2.45, 2.75) is 52.2 Å². The molecule has 0 aromatic heterocycles. The number of carbonyl (C=O) groups is 2. The predicted octanol–water partition coefficient (Wildman–Crippen LogP) is 2.31. The van der Waals surface area contributed by atoms with Gasteiger partial charge in [0.2, 0.25) is 5.91 Å². The van der Waals surface area contributed by atoms with E-state index in [4.69, 9.17) is 4.74 Å². The Bertz CT molecular complexity index is 823. The molecule has 4 rings (SSSR count). The van der Waals surface area contributed by atoms with Gasteiger partial charge in [0.25, 0.3) is 0 Å². The van der Waals surface area contributed by atoms with Crippen molar-refractivity contribution in [2.24, 2.45) is 5.92 Å². The molecule has 0 radical (unpaired) electrons. The second-order valence-electron chi connectivity index (χ2n) is 9.35. The number of hydrogen-bond donors (Lipinski definition) is 2. The molecule has 2 N–H and O–H groups in total. The van der Waals surface area contributed by atoms with Crippen LogP contribution in [0, 0.1) is 5.92 Å². The first-order valence-electron chi connectivity index (χ1n) is 11.4. The number of nitrogens with zero attached hydrogens (tertiary/aromatic N) is 3. The zero-order chi connectivity index (χ0) is 22.1. The van der Waals surface area contributed by atoms with Crippen molar-refractivity contribution in [3.8, 4) is 0 Å². The van der Waals surface area contributed by atoms with Gasteiger partial charge in [-0.15, -0.1) is 0 Å². The number of nitrogens with one attached hydrogen (secondary N) is 2. The monoisotopic (exact) mass is 429 g/mol. The smallest absolute Gasteiger partial charge is 0.414 e. The highest BCUT2D eigenvalue weighted by atomic mass is 16.6. The third-order valence-electron chi connectivity index (χ3n) is 6.45. The molecule has 1 aromatic rings. The van der Waals surface area contributed by atoms with Gasteiger partial charge >= 0.3 is 6.09 Å². The molecule has 170 valence electrons. The number of anilines is 2. The lowest BCUT2D eigenvalue weighted by molar-refractivity contribution is -0.117. The fourth-order valence-electron chi connectivity index (χ4n) is 4.99. The molecule has 3 aliphatic rings. The van der Waals surface area contributed by atoms with Crippen LogP contribution in [0.4, 0.5) is 16.2 Å². The predicted molar refractivity (Wildman–Crippen MR) is 121 cm³/mol. The van der Waals surface area contributed by atoms with Gasteiger partial charge in [0.15, 0.2) is 0 Å². The lowest BCUT2D eigenvalue weighted by Gasteiger charge is -2.40. The van der Waals surface area contributed by atoms with E-state index in [0.29, 0.717) is 18.4 Å². The SMILES string of the molecule is CC(=O)N1c2ccc(C3CNN(C[C@@H]4CCNC4)C3)cc2N(C(=O)OC(C)C)C[C@@H]1C. The van der Waals surface area contributed by atoms with E-state index in [0.717, 1.165) is 44.1 Å². The van der Waals surface area contributed by atoms with Crippen LogP contribution in [0.3, 0.4) is 0 Å². The summed E-state index contributed by atoms with van der Waals surface area (Å²) < 4.78 is 5.50. The molecule has 8 nitrogen and oxygen atoms in total. The van der Waals surface area contributed by atoms with Crippen molar-refractivity contribution in [3.05, 3.63) is 23.8 Å². The van der Waals surface area contributed by atoms with Gasteiger partial charge in [-0.2, -0.15) is 0 Å². The molecule has 2 fully saturated rings. The van der Waals surface area contributed by atoms with Gasteiger partial charge in [0.1, 0.15) is 0 Å². The first-order valence-corrected chi connectivity index (χ1v) is 11.4. The Kier molecular flexibility index (Phi) is 6.50. The van der Waals surface area contributed by atoms with Gasteiger partial charge in [-0.3, -0.25) is 15.1 Å². The van der Waals surface area contributed by atoms with Gasteiger partial charge in [-0.25, -0.2) is 9.80 Å². The Balaban J connectivity index is 1.57. The van der Waals surface area contributed by atoms with Crippen molar-refractivity contribution in [2.75, 3.05) is 49.1 Å². The summed E-state index contributed by atoms with van der Waals surface area (Å²) in [5, 5.41) is 5.76. The topological polar surface area (TPSA) is 77.2 Å². The van der Waals surface area contributed by atoms with Crippen LogP contribution in [0.5, 0.6) is 0 Å². The van der Waals surface area contributed by atoms with Gasteiger partial charge in [-0.1, -0.05) is 6.07 Å². The molecule has 1 aromatic carbocycles. The Hall–Kier alpha value is -2.16. The molecule has 2 saturated heterocycles. The number of carbonyl (C=O) groups excluding carboxylic acids is 2. The molecule has 3 aliphatic heterocycles. The maximum atomic E-state index is 12.8. The van der Waals surface area contributed by atoms with E-state index in [1.165, 1.54) is 12.0 Å². The minimum absolute atomic E-state index is 0.0164. The Morgan fingerprint density at radius 1 is 1.19 bits per heavy atom. The first-order chi connectivity index (χ1) is 14.8. The maximum Gasteiger partial charge on any atom is 0.414 e. The van der Waals surface area contributed by atoms with Crippen LogP contribution in [0.2, 0.25) is 0 Å². The number of ether oxygens (including phenoxy) is 1.